The Balaban J connectivity index is 1.78. The van der Waals surface area contributed by atoms with Crippen LogP contribution in [0.15, 0.2) is 65.7 Å². The van der Waals surface area contributed by atoms with Crippen molar-refractivity contribution in [2.45, 2.75) is 6.54 Å². The minimum Gasteiger partial charge on any atom is -0.461 e. The van der Waals surface area contributed by atoms with Crippen LogP contribution in [-0.4, -0.2) is 19.5 Å². The van der Waals surface area contributed by atoms with E-state index in [1.165, 1.54) is 5.56 Å². The molecule has 3 heterocycles. The highest BCUT2D eigenvalue weighted by Gasteiger charge is 2.10. The van der Waals surface area contributed by atoms with E-state index in [-0.39, 0.29) is 0 Å². The molecule has 0 saturated heterocycles. The van der Waals surface area contributed by atoms with E-state index in [4.69, 9.17) is 4.42 Å². The topological polar surface area (TPSA) is 56.7 Å². The molecule has 1 aromatic carbocycles. The highest BCUT2D eigenvalue weighted by atomic mass is 16.3. The lowest BCUT2D eigenvalue weighted by molar-refractivity contribution is 0.577. The highest BCUT2D eigenvalue weighted by molar-refractivity contribution is 5.71. The Morgan fingerprint density at radius 2 is 1.90 bits per heavy atom. The zero-order valence-corrected chi connectivity index (χ0v) is 11.2. The molecule has 3 aromatic heterocycles. The zero-order chi connectivity index (χ0) is 14.1. The quantitative estimate of drug-likeness (QED) is 0.577. The number of imidazole rings is 1. The van der Waals surface area contributed by atoms with Crippen molar-refractivity contribution in [1.82, 2.24) is 19.5 Å². The van der Waals surface area contributed by atoms with E-state index in [0.29, 0.717) is 11.6 Å². The lowest BCUT2D eigenvalue weighted by Crippen LogP contribution is -2.00. The van der Waals surface area contributed by atoms with Gasteiger partial charge in [-0.05, 0) is 17.7 Å². The molecule has 0 N–H and O–H groups in total. The maximum Gasteiger partial charge on any atom is 0.197 e. The number of rotatable bonds is 3. The number of furan rings is 1. The molecule has 0 aliphatic carbocycles. The van der Waals surface area contributed by atoms with Gasteiger partial charge in [0.25, 0.3) is 0 Å². The number of hydrogen-bond donors (Lipinski definition) is 0. The Labute approximate surface area is 120 Å². The van der Waals surface area contributed by atoms with Gasteiger partial charge >= 0.3 is 0 Å². The Morgan fingerprint density at radius 3 is 2.71 bits per heavy atom. The summed E-state index contributed by atoms with van der Waals surface area (Å²) >= 11 is 0. The molecule has 0 radical (unpaired) electrons. The lowest BCUT2D eigenvalue weighted by Gasteiger charge is -2.04. The summed E-state index contributed by atoms with van der Waals surface area (Å²) in [4.78, 5) is 13.2. The molecule has 0 amide bonds. The first-order valence-corrected chi connectivity index (χ1v) is 6.66. The molecule has 0 aliphatic heterocycles. The fraction of sp³-hybridized carbons (Fsp3) is 0.0625. The first-order valence-electron chi connectivity index (χ1n) is 6.66. The average molecular weight is 276 g/mol. The normalized spacial score (nSPS) is 11.0. The van der Waals surface area contributed by atoms with E-state index < -0.39 is 0 Å². The number of benzene rings is 1. The largest absolute Gasteiger partial charge is 0.461 e. The summed E-state index contributed by atoms with van der Waals surface area (Å²) in [5.74, 6) is 1.23. The summed E-state index contributed by atoms with van der Waals surface area (Å²) in [5.41, 5.74) is 2.79. The van der Waals surface area contributed by atoms with Gasteiger partial charge in [0.1, 0.15) is 5.52 Å². The van der Waals surface area contributed by atoms with Crippen LogP contribution < -0.4 is 0 Å². The average Bonchev–Trinajstić information content (AvgIpc) is 3.18. The Kier molecular flexibility index (Phi) is 2.74. The molecule has 0 aliphatic rings. The molecule has 5 nitrogen and oxygen atoms in total. The maximum atomic E-state index is 5.35. The van der Waals surface area contributed by atoms with Crippen LogP contribution in [0.5, 0.6) is 0 Å². The second-order valence-electron chi connectivity index (χ2n) is 4.74. The third-order valence-corrected chi connectivity index (χ3v) is 3.30. The summed E-state index contributed by atoms with van der Waals surface area (Å²) in [7, 11) is 0. The van der Waals surface area contributed by atoms with Gasteiger partial charge in [-0.2, -0.15) is 0 Å². The van der Waals surface area contributed by atoms with Crippen LogP contribution in [0.2, 0.25) is 0 Å². The van der Waals surface area contributed by atoms with Crippen molar-refractivity contribution in [3.05, 3.63) is 66.8 Å². The molecule has 5 heteroatoms. The van der Waals surface area contributed by atoms with Gasteiger partial charge < -0.3 is 8.98 Å². The monoisotopic (exact) mass is 276 g/mol. The van der Waals surface area contributed by atoms with Crippen molar-refractivity contribution >= 4 is 11.2 Å². The van der Waals surface area contributed by atoms with Crippen LogP contribution in [0, 0.1) is 0 Å². The van der Waals surface area contributed by atoms with Crippen LogP contribution in [0.1, 0.15) is 5.56 Å². The van der Waals surface area contributed by atoms with E-state index in [2.05, 4.69) is 27.1 Å². The Morgan fingerprint density at radius 1 is 1.00 bits per heavy atom. The molecule has 0 unspecified atom stereocenters. The molecule has 4 rings (SSSR count). The van der Waals surface area contributed by atoms with Gasteiger partial charge in [-0.3, -0.25) is 0 Å². The highest BCUT2D eigenvalue weighted by Crippen LogP contribution is 2.18. The lowest BCUT2D eigenvalue weighted by atomic mass is 10.2. The van der Waals surface area contributed by atoms with Crippen molar-refractivity contribution in [2.75, 3.05) is 0 Å². The smallest absolute Gasteiger partial charge is 0.197 e. The van der Waals surface area contributed by atoms with Crippen molar-refractivity contribution < 1.29 is 4.42 Å². The SMILES string of the molecule is c1ccc(Cn2cnc3cnc(-c4ccco4)nc32)cc1. The van der Waals surface area contributed by atoms with Gasteiger partial charge in [0.2, 0.25) is 0 Å². The molecule has 0 bridgehead atoms. The molecule has 102 valence electrons. The third-order valence-electron chi connectivity index (χ3n) is 3.30. The maximum absolute atomic E-state index is 5.35. The van der Waals surface area contributed by atoms with Gasteiger partial charge in [-0.1, -0.05) is 30.3 Å². The molecular formula is C16H12N4O. The zero-order valence-electron chi connectivity index (χ0n) is 11.2. The van der Waals surface area contributed by atoms with Gasteiger partial charge in [0.15, 0.2) is 17.2 Å². The Bertz CT molecular complexity index is 866. The fourth-order valence-electron chi connectivity index (χ4n) is 2.28. The summed E-state index contributed by atoms with van der Waals surface area (Å²) in [6.45, 7) is 0.728. The van der Waals surface area contributed by atoms with E-state index in [1.807, 2.05) is 34.9 Å². The first kappa shape index (κ1) is 11.8. The number of nitrogens with zero attached hydrogens (tertiary/aromatic N) is 4. The fourth-order valence-corrected chi connectivity index (χ4v) is 2.28. The number of fused-ring (bicyclic) bond motifs is 1. The molecular weight excluding hydrogens is 264 g/mol. The van der Waals surface area contributed by atoms with E-state index in [0.717, 1.165) is 17.7 Å². The summed E-state index contributed by atoms with van der Waals surface area (Å²) in [5, 5.41) is 0. The third kappa shape index (κ3) is 2.18. The van der Waals surface area contributed by atoms with Gasteiger partial charge in [-0.15, -0.1) is 0 Å². The van der Waals surface area contributed by atoms with Crippen molar-refractivity contribution in [1.29, 1.82) is 0 Å². The standard InChI is InChI=1S/C16H12N4O/c1-2-5-12(6-3-1)10-20-11-18-13-9-17-15(19-16(13)20)14-7-4-8-21-14/h1-9,11H,10H2. The van der Waals surface area contributed by atoms with E-state index >= 15 is 0 Å². The summed E-state index contributed by atoms with van der Waals surface area (Å²) < 4.78 is 7.36. The molecule has 0 spiro atoms. The summed E-state index contributed by atoms with van der Waals surface area (Å²) in [6.07, 6.45) is 5.13. The van der Waals surface area contributed by atoms with E-state index in [1.54, 1.807) is 18.8 Å². The number of aromatic nitrogens is 4. The second kappa shape index (κ2) is 4.86. The van der Waals surface area contributed by atoms with E-state index in [9.17, 15) is 0 Å². The van der Waals surface area contributed by atoms with Crippen molar-refractivity contribution in [3.8, 4) is 11.6 Å². The Hall–Kier alpha value is -2.95. The molecule has 21 heavy (non-hydrogen) atoms. The van der Waals surface area contributed by atoms with Gasteiger partial charge in [-0.25, -0.2) is 15.0 Å². The predicted octanol–water partition coefficient (Wildman–Crippen LogP) is 3.13. The van der Waals surface area contributed by atoms with Crippen LogP contribution in [0.25, 0.3) is 22.7 Å². The van der Waals surface area contributed by atoms with Gasteiger partial charge in [0.05, 0.1) is 25.3 Å². The van der Waals surface area contributed by atoms with Crippen molar-refractivity contribution in [2.24, 2.45) is 0 Å². The molecule has 0 fully saturated rings. The van der Waals surface area contributed by atoms with Crippen molar-refractivity contribution in [3.63, 3.8) is 0 Å². The first-order chi connectivity index (χ1) is 10.4. The minimum absolute atomic E-state index is 0.572. The van der Waals surface area contributed by atoms with Crippen LogP contribution in [-0.2, 0) is 6.54 Å². The summed E-state index contributed by atoms with van der Waals surface area (Å²) in [6, 6.07) is 13.9. The van der Waals surface area contributed by atoms with Crippen LogP contribution in [0.4, 0.5) is 0 Å². The predicted molar refractivity (Wildman–Crippen MR) is 78.6 cm³/mol. The minimum atomic E-state index is 0.572. The molecule has 0 atom stereocenters. The number of hydrogen-bond acceptors (Lipinski definition) is 4. The van der Waals surface area contributed by atoms with Crippen LogP contribution in [0.3, 0.4) is 0 Å². The van der Waals surface area contributed by atoms with Crippen LogP contribution >= 0.6 is 0 Å². The molecule has 4 aromatic rings. The van der Waals surface area contributed by atoms with Gasteiger partial charge in [0, 0.05) is 0 Å². The molecule has 0 saturated carbocycles. The second-order valence-corrected chi connectivity index (χ2v) is 4.74.